The van der Waals surface area contributed by atoms with E-state index in [1.165, 1.54) is 6.20 Å². The van der Waals surface area contributed by atoms with E-state index in [1.54, 1.807) is 16.8 Å². The van der Waals surface area contributed by atoms with Crippen LogP contribution in [-0.4, -0.2) is 35.0 Å². The van der Waals surface area contributed by atoms with Gasteiger partial charge in [-0.3, -0.25) is 9.38 Å². The van der Waals surface area contributed by atoms with Crippen LogP contribution in [0.3, 0.4) is 0 Å². The van der Waals surface area contributed by atoms with Gasteiger partial charge >= 0.3 is 0 Å². The molecule has 0 aliphatic rings. The Morgan fingerprint density at radius 3 is 2.93 bits per heavy atom. The smallest absolute Gasteiger partial charge is 0.191 e. The predicted octanol–water partition coefficient (Wildman–Crippen LogP) is 0.563. The molecule has 0 saturated heterocycles. The maximum absolute atomic E-state index is 5.98. The number of aromatic nitrogens is 7. The fourth-order valence-electron chi connectivity index (χ4n) is 1.29. The molecule has 15 heavy (non-hydrogen) atoms. The highest BCUT2D eigenvalue weighted by Crippen LogP contribution is 2.18. The quantitative estimate of drug-likeness (QED) is 0.649. The molecule has 0 fully saturated rings. The van der Waals surface area contributed by atoms with Crippen molar-refractivity contribution in [2.75, 3.05) is 0 Å². The molecule has 0 aliphatic heterocycles. The molecule has 3 rings (SSSR count). The maximum atomic E-state index is 5.98. The summed E-state index contributed by atoms with van der Waals surface area (Å²) in [5, 5.41) is 18.4. The Bertz CT molecular complexity index is 599. The van der Waals surface area contributed by atoms with Crippen LogP contribution in [-0.2, 0) is 0 Å². The zero-order valence-corrected chi connectivity index (χ0v) is 8.05. The number of rotatable bonds is 1. The molecule has 3 aromatic heterocycles. The molecule has 3 aromatic rings. The molecule has 0 amide bonds. The van der Waals surface area contributed by atoms with Crippen molar-refractivity contribution in [3.05, 3.63) is 23.7 Å². The molecule has 0 saturated carbocycles. The average Bonchev–Trinajstić information content (AvgIpc) is 2.85. The standard InChI is InChI=1S/C7H4ClN7/c8-5-2-9-3-6-12-13-7(15(5)6)4-1-10-14-11-4/h1-3H,(H,10,11,14). The zero-order chi connectivity index (χ0) is 10.3. The molecule has 0 unspecified atom stereocenters. The number of fused-ring (bicyclic) bond motifs is 1. The van der Waals surface area contributed by atoms with Gasteiger partial charge in [-0.25, -0.2) is 0 Å². The van der Waals surface area contributed by atoms with Gasteiger partial charge in [0.1, 0.15) is 5.15 Å². The van der Waals surface area contributed by atoms with Gasteiger partial charge in [-0.1, -0.05) is 11.6 Å². The predicted molar refractivity (Wildman–Crippen MR) is 51.2 cm³/mol. The molecule has 0 aliphatic carbocycles. The van der Waals surface area contributed by atoms with Crippen LogP contribution in [0, 0.1) is 0 Å². The summed E-state index contributed by atoms with van der Waals surface area (Å²) < 4.78 is 1.65. The van der Waals surface area contributed by atoms with Crippen LogP contribution < -0.4 is 0 Å². The van der Waals surface area contributed by atoms with Gasteiger partial charge in [0.2, 0.25) is 0 Å². The van der Waals surface area contributed by atoms with Crippen molar-refractivity contribution in [2.45, 2.75) is 0 Å². The van der Waals surface area contributed by atoms with E-state index in [9.17, 15) is 0 Å². The van der Waals surface area contributed by atoms with Gasteiger partial charge in [0.15, 0.2) is 17.2 Å². The fraction of sp³-hybridized carbons (Fsp3) is 0. The normalized spacial score (nSPS) is 11.0. The molecule has 0 radical (unpaired) electrons. The SMILES string of the molecule is Clc1cncc2nnc(-c3cn[nH]n3)n12. The minimum Gasteiger partial charge on any atom is -0.261 e. The average molecular weight is 222 g/mol. The summed E-state index contributed by atoms with van der Waals surface area (Å²) in [5.41, 5.74) is 1.15. The lowest BCUT2D eigenvalue weighted by Crippen LogP contribution is -1.92. The summed E-state index contributed by atoms with van der Waals surface area (Å²) in [6, 6.07) is 0. The van der Waals surface area contributed by atoms with Crippen LogP contribution in [0.1, 0.15) is 0 Å². The second kappa shape index (κ2) is 2.99. The summed E-state index contributed by atoms with van der Waals surface area (Å²) in [4.78, 5) is 3.91. The van der Waals surface area contributed by atoms with Gasteiger partial charge < -0.3 is 0 Å². The van der Waals surface area contributed by atoms with Crippen molar-refractivity contribution in [1.29, 1.82) is 0 Å². The lowest BCUT2D eigenvalue weighted by atomic mass is 10.4. The van der Waals surface area contributed by atoms with Crippen molar-refractivity contribution < 1.29 is 0 Å². The minimum absolute atomic E-state index is 0.426. The topological polar surface area (TPSA) is 84.6 Å². The first-order chi connectivity index (χ1) is 7.36. The second-order valence-electron chi connectivity index (χ2n) is 2.80. The molecule has 0 spiro atoms. The van der Waals surface area contributed by atoms with Crippen molar-refractivity contribution in [3.8, 4) is 11.5 Å². The van der Waals surface area contributed by atoms with Gasteiger partial charge in [0.25, 0.3) is 0 Å². The number of nitrogens with one attached hydrogen (secondary N) is 1. The Morgan fingerprint density at radius 2 is 2.13 bits per heavy atom. The number of hydrogen-bond acceptors (Lipinski definition) is 5. The van der Waals surface area contributed by atoms with Crippen molar-refractivity contribution >= 4 is 17.2 Å². The number of halogens is 1. The van der Waals surface area contributed by atoms with E-state index in [-0.39, 0.29) is 0 Å². The third-order valence-electron chi connectivity index (χ3n) is 1.92. The molecule has 3 heterocycles. The lowest BCUT2D eigenvalue weighted by molar-refractivity contribution is 0.936. The molecule has 74 valence electrons. The van der Waals surface area contributed by atoms with Gasteiger partial charge in [-0.15, -0.1) is 10.2 Å². The third kappa shape index (κ3) is 1.17. The first-order valence-electron chi connectivity index (χ1n) is 4.07. The summed E-state index contributed by atoms with van der Waals surface area (Å²) >= 11 is 5.98. The number of H-pyrrole nitrogens is 1. The number of aromatic amines is 1. The molecule has 0 bridgehead atoms. The Labute approximate surface area is 88.1 Å². The van der Waals surface area contributed by atoms with Gasteiger partial charge in [0.05, 0.1) is 18.6 Å². The van der Waals surface area contributed by atoms with Crippen molar-refractivity contribution in [1.82, 2.24) is 35.0 Å². The third-order valence-corrected chi connectivity index (χ3v) is 2.18. The highest BCUT2D eigenvalue weighted by molar-refractivity contribution is 6.29. The molecule has 8 heteroatoms. The van der Waals surface area contributed by atoms with Crippen LogP contribution in [0.4, 0.5) is 0 Å². The Hall–Kier alpha value is -2.02. The first kappa shape index (κ1) is 8.30. The van der Waals surface area contributed by atoms with Gasteiger partial charge in [0, 0.05) is 0 Å². The van der Waals surface area contributed by atoms with Crippen LogP contribution in [0.15, 0.2) is 18.6 Å². The maximum Gasteiger partial charge on any atom is 0.191 e. The van der Waals surface area contributed by atoms with Gasteiger partial charge in [-0.05, 0) is 0 Å². The number of nitrogens with zero attached hydrogens (tertiary/aromatic N) is 6. The van der Waals surface area contributed by atoms with Gasteiger partial charge in [-0.2, -0.15) is 15.4 Å². The first-order valence-corrected chi connectivity index (χ1v) is 4.45. The van der Waals surface area contributed by atoms with Crippen molar-refractivity contribution in [3.63, 3.8) is 0 Å². The van der Waals surface area contributed by atoms with Crippen LogP contribution in [0.2, 0.25) is 5.15 Å². The molecule has 7 nitrogen and oxygen atoms in total. The highest BCUT2D eigenvalue weighted by atomic mass is 35.5. The largest absolute Gasteiger partial charge is 0.261 e. The van der Waals surface area contributed by atoms with Crippen LogP contribution >= 0.6 is 11.6 Å². The molecular weight excluding hydrogens is 218 g/mol. The number of hydrogen-bond donors (Lipinski definition) is 1. The van der Waals surface area contributed by atoms with Crippen LogP contribution in [0.25, 0.3) is 17.2 Å². The van der Waals surface area contributed by atoms with E-state index in [1.807, 2.05) is 0 Å². The fourth-order valence-corrected chi connectivity index (χ4v) is 1.51. The Balaban J connectivity index is 2.37. The van der Waals surface area contributed by atoms with E-state index >= 15 is 0 Å². The van der Waals surface area contributed by atoms with Crippen LogP contribution in [0.5, 0.6) is 0 Å². The van der Waals surface area contributed by atoms with Crippen molar-refractivity contribution in [2.24, 2.45) is 0 Å². The molecular formula is C7H4ClN7. The summed E-state index contributed by atoms with van der Waals surface area (Å²) in [7, 11) is 0. The summed E-state index contributed by atoms with van der Waals surface area (Å²) in [5.74, 6) is 0.533. The minimum atomic E-state index is 0.426. The Morgan fingerprint density at radius 1 is 1.20 bits per heavy atom. The van der Waals surface area contributed by atoms with E-state index in [0.717, 1.165) is 0 Å². The molecule has 1 N–H and O–H groups in total. The lowest BCUT2D eigenvalue weighted by Gasteiger charge is -1.97. The summed E-state index contributed by atoms with van der Waals surface area (Å²) in [6.45, 7) is 0. The van der Waals surface area contributed by atoms with E-state index in [2.05, 4.69) is 30.6 Å². The van der Waals surface area contributed by atoms with E-state index in [4.69, 9.17) is 11.6 Å². The summed E-state index contributed by atoms with van der Waals surface area (Å²) in [6.07, 6.45) is 4.64. The van der Waals surface area contributed by atoms with E-state index < -0.39 is 0 Å². The monoisotopic (exact) mass is 221 g/mol. The Kier molecular flexibility index (Phi) is 1.65. The molecule has 0 atom stereocenters. The van der Waals surface area contributed by atoms with E-state index in [0.29, 0.717) is 22.3 Å². The molecule has 0 aromatic carbocycles. The second-order valence-corrected chi connectivity index (χ2v) is 3.19. The highest BCUT2D eigenvalue weighted by Gasteiger charge is 2.12. The zero-order valence-electron chi connectivity index (χ0n) is 7.29.